The van der Waals surface area contributed by atoms with Crippen LogP contribution in [0.5, 0.6) is 0 Å². The Labute approximate surface area is 242 Å². The highest BCUT2D eigenvalue weighted by molar-refractivity contribution is 7.86. The molecule has 0 spiro atoms. The van der Waals surface area contributed by atoms with Gasteiger partial charge in [-0.1, -0.05) is 23.8 Å². The third kappa shape index (κ3) is 7.65. The number of hydrogen-bond donors (Lipinski definition) is 2. The molecule has 0 aromatic heterocycles. The largest absolute Gasteiger partial charge is 0.386 e. The second-order valence-electron chi connectivity index (χ2n) is 9.66. The van der Waals surface area contributed by atoms with Crippen LogP contribution in [0.15, 0.2) is 47.4 Å². The van der Waals surface area contributed by atoms with Crippen molar-refractivity contribution in [2.24, 2.45) is 0 Å². The Kier molecular flexibility index (Phi) is 10.5. The minimum atomic E-state index is -3.84. The maximum Gasteiger partial charge on any atom is 0.297 e. The van der Waals surface area contributed by atoms with Crippen molar-refractivity contribution in [2.75, 3.05) is 46.2 Å². The monoisotopic (exact) mass is 604 g/mol. The van der Waals surface area contributed by atoms with Gasteiger partial charge in [0.15, 0.2) is 0 Å². The molecule has 2 heterocycles. The van der Waals surface area contributed by atoms with Crippen molar-refractivity contribution in [3.05, 3.63) is 64.7 Å². The standard InChI is InChI=1S/C28H32N2O11S/c1-18-2-5-20(6-3-18)42(36,37)41-15-14-39-11-10-38-12-13-40-17-24(31)19-4-7-21-22(16-19)28(35)30(27(21)34)23-8-9-25(32)29-26(23)33/h2-7,16,23-24,31H,8-15,17H2,1H3,(H,29,32,33). The molecule has 0 aliphatic carbocycles. The van der Waals surface area contributed by atoms with E-state index in [1.54, 1.807) is 12.1 Å². The Hall–Kier alpha value is -3.53. The molecular formula is C28H32N2O11S. The van der Waals surface area contributed by atoms with Gasteiger partial charge >= 0.3 is 0 Å². The molecule has 2 N–H and O–H groups in total. The topological polar surface area (TPSA) is 175 Å². The van der Waals surface area contributed by atoms with Crippen LogP contribution in [0.25, 0.3) is 0 Å². The van der Waals surface area contributed by atoms with Crippen molar-refractivity contribution in [3.63, 3.8) is 0 Å². The number of ether oxygens (including phenoxy) is 3. The predicted molar refractivity (Wildman–Crippen MR) is 145 cm³/mol. The average Bonchev–Trinajstić information content (AvgIpc) is 3.20. The Morgan fingerprint density at radius 2 is 1.50 bits per heavy atom. The van der Waals surface area contributed by atoms with E-state index in [2.05, 4.69) is 5.32 Å². The molecule has 0 saturated carbocycles. The van der Waals surface area contributed by atoms with Crippen LogP contribution >= 0.6 is 0 Å². The summed E-state index contributed by atoms with van der Waals surface area (Å²) in [5.74, 6) is -2.43. The van der Waals surface area contributed by atoms with Crippen LogP contribution in [0.1, 0.15) is 50.8 Å². The number of fused-ring (bicyclic) bond motifs is 1. The number of aliphatic hydroxyl groups excluding tert-OH is 1. The maximum atomic E-state index is 12.9. The lowest BCUT2D eigenvalue weighted by Gasteiger charge is -2.27. The fourth-order valence-corrected chi connectivity index (χ4v) is 5.30. The first-order valence-electron chi connectivity index (χ1n) is 13.3. The van der Waals surface area contributed by atoms with Gasteiger partial charge in [-0.05, 0) is 43.2 Å². The molecule has 2 aromatic rings. The fourth-order valence-electron chi connectivity index (χ4n) is 4.40. The lowest BCUT2D eigenvalue weighted by atomic mass is 10.0. The van der Waals surface area contributed by atoms with E-state index in [-0.39, 0.29) is 75.1 Å². The molecule has 13 nitrogen and oxygen atoms in total. The van der Waals surface area contributed by atoms with Gasteiger partial charge in [0.25, 0.3) is 21.9 Å². The molecule has 2 atom stereocenters. The highest BCUT2D eigenvalue weighted by atomic mass is 32.2. The number of rotatable bonds is 15. The number of piperidine rings is 1. The first kappa shape index (κ1) is 31.4. The smallest absolute Gasteiger partial charge is 0.297 e. The lowest BCUT2D eigenvalue weighted by Crippen LogP contribution is -2.54. The average molecular weight is 605 g/mol. The van der Waals surface area contributed by atoms with Gasteiger partial charge in [-0.3, -0.25) is 33.6 Å². The van der Waals surface area contributed by atoms with E-state index in [0.29, 0.717) is 5.56 Å². The highest BCUT2D eigenvalue weighted by Crippen LogP contribution is 2.29. The molecule has 2 aromatic carbocycles. The summed E-state index contributed by atoms with van der Waals surface area (Å²) in [6, 6.07) is 9.61. The summed E-state index contributed by atoms with van der Waals surface area (Å²) in [6.45, 7) is 2.54. The minimum Gasteiger partial charge on any atom is -0.386 e. The van der Waals surface area contributed by atoms with Gasteiger partial charge in [0.05, 0.1) is 62.3 Å². The van der Waals surface area contributed by atoms with E-state index in [1.165, 1.54) is 30.3 Å². The van der Waals surface area contributed by atoms with E-state index in [1.807, 2.05) is 6.92 Å². The number of hydrogen-bond acceptors (Lipinski definition) is 11. The van der Waals surface area contributed by atoms with Crippen LogP contribution in [0.2, 0.25) is 0 Å². The summed E-state index contributed by atoms with van der Waals surface area (Å²) in [7, 11) is -3.84. The van der Waals surface area contributed by atoms with E-state index < -0.39 is 45.9 Å². The molecule has 0 bridgehead atoms. The Morgan fingerprint density at radius 1 is 0.881 bits per heavy atom. The number of aryl methyl sites for hydroxylation is 1. The third-order valence-electron chi connectivity index (χ3n) is 6.64. The second-order valence-corrected chi connectivity index (χ2v) is 11.3. The molecule has 2 aliphatic heterocycles. The zero-order valence-corrected chi connectivity index (χ0v) is 23.8. The number of imide groups is 2. The maximum absolute atomic E-state index is 12.9. The number of carbonyl (C=O) groups is 4. The van der Waals surface area contributed by atoms with Gasteiger partial charge in [0.1, 0.15) is 12.1 Å². The molecule has 4 amide bonds. The zero-order valence-electron chi connectivity index (χ0n) is 22.9. The fraction of sp³-hybridized carbons (Fsp3) is 0.429. The number of carbonyl (C=O) groups excluding carboxylic acids is 4. The highest BCUT2D eigenvalue weighted by Gasteiger charge is 2.44. The van der Waals surface area contributed by atoms with Crippen LogP contribution in [0.4, 0.5) is 0 Å². The van der Waals surface area contributed by atoms with Crippen LogP contribution in [0, 0.1) is 6.92 Å². The minimum absolute atomic E-state index is 0.0260. The van der Waals surface area contributed by atoms with Crippen molar-refractivity contribution < 1.29 is 51.1 Å². The molecule has 1 fully saturated rings. The van der Waals surface area contributed by atoms with Crippen LogP contribution in [-0.2, 0) is 38.1 Å². The zero-order chi connectivity index (χ0) is 30.3. The van der Waals surface area contributed by atoms with Gasteiger partial charge in [-0.15, -0.1) is 0 Å². The van der Waals surface area contributed by atoms with Crippen molar-refractivity contribution in [1.29, 1.82) is 0 Å². The van der Waals surface area contributed by atoms with Crippen molar-refractivity contribution >= 4 is 33.7 Å². The molecule has 226 valence electrons. The molecule has 1 saturated heterocycles. The van der Waals surface area contributed by atoms with E-state index in [0.717, 1.165) is 10.5 Å². The third-order valence-corrected chi connectivity index (χ3v) is 7.97. The van der Waals surface area contributed by atoms with Gasteiger partial charge in [0, 0.05) is 6.42 Å². The molecule has 2 unspecified atom stereocenters. The predicted octanol–water partition coefficient (Wildman–Crippen LogP) is 0.885. The van der Waals surface area contributed by atoms with Gasteiger partial charge in [-0.25, -0.2) is 0 Å². The Morgan fingerprint density at radius 3 is 2.17 bits per heavy atom. The number of nitrogens with zero attached hydrogens (tertiary/aromatic N) is 1. The van der Waals surface area contributed by atoms with Crippen LogP contribution in [-0.4, -0.2) is 94.3 Å². The van der Waals surface area contributed by atoms with E-state index in [4.69, 9.17) is 18.4 Å². The summed E-state index contributed by atoms with van der Waals surface area (Å²) in [6.07, 6.45) is -0.999. The quantitative estimate of drug-likeness (QED) is 0.168. The molecule has 4 rings (SSSR count). The van der Waals surface area contributed by atoms with Gasteiger partial charge < -0.3 is 19.3 Å². The molecule has 14 heteroatoms. The summed E-state index contributed by atoms with van der Waals surface area (Å²) in [5.41, 5.74) is 1.50. The number of aliphatic hydroxyl groups is 1. The van der Waals surface area contributed by atoms with Crippen molar-refractivity contribution in [3.8, 4) is 0 Å². The molecular weight excluding hydrogens is 572 g/mol. The summed E-state index contributed by atoms with van der Waals surface area (Å²) in [5, 5.41) is 12.6. The Bertz CT molecular complexity index is 1430. The number of benzene rings is 2. The summed E-state index contributed by atoms with van der Waals surface area (Å²) < 4.78 is 45.3. The van der Waals surface area contributed by atoms with Crippen molar-refractivity contribution in [2.45, 2.75) is 36.8 Å². The number of nitrogens with one attached hydrogen (secondary N) is 1. The molecule has 0 radical (unpaired) electrons. The lowest BCUT2D eigenvalue weighted by molar-refractivity contribution is -0.136. The number of amides is 4. The first-order chi connectivity index (χ1) is 20.1. The van der Waals surface area contributed by atoms with E-state index in [9.17, 15) is 32.7 Å². The first-order valence-corrected chi connectivity index (χ1v) is 14.7. The van der Waals surface area contributed by atoms with Gasteiger partial charge in [-0.2, -0.15) is 8.42 Å². The SMILES string of the molecule is Cc1ccc(S(=O)(=O)OCCOCCOCCOCC(O)c2ccc3c(c2)C(=O)N(C2CCC(=O)NC2=O)C3=O)cc1. The summed E-state index contributed by atoms with van der Waals surface area (Å²) >= 11 is 0. The summed E-state index contributed by atoms with van der Waals surface area (Å²) in [4.78, 5) is 50.3. The molecule has 42 heavy (non-hydrogen) atoms. The van der Waals surface area contributed by atoms with Crippen molar-refractivity contribution in [1.82, 2.24) is 10.2 Å². The second kappa shape index (κ2) is 14.1. The Balaban J connectivity index is 1.10. The normalized spacial score (nSPS) is 17.9. The van der Waals surface area contributed by atoms with Crippen LogP contribution < -0.4 is 5.32 Å². The van der Waals surface area contributed by atoms with E-state index >= 15 is 0 Å². The molecule has 2 aliphatic rings. The van der Waals surface area contributed by atoms with Gasteiger partial charge in [0.2, 0.25) is 11.8 Å². The van der Waals surface area contributed by atoms with Crippen LogP contribution in [0.3, 0.4) is 0 Å².